The largest absolute Gasteiger partial charge is 0.445 e. The number of unbranched alkanes of at least 4 members (excludes halogenated alkanes) is 5. The average Bonchev–Trinajstić information content (AvgIpc) is 3.12. The van der Waals surface area contributed by atoms with Gasteiger partial charge in [-0.2, -0.15) is 0 Å². The molecule has 0 saturated carbocycles. The van der Waals surface area contributed by atoms with E-state index in [0.29, 0.717) is 132 Å². The fourth-order valence-corrected chi connectivity index (χ4v) is 4.07. The first-order valence-electron chi connectivity index (χ1n) is 18.0. The van der Waals surface area contributed by atoms with Crippen LogP contribution in [-0.2, 0) is 58.7 Å². The Morgan fingerprint density at radius 1 is 0.449 bits per heavy atom. The molecule has 1 amide bonds. The molecule has 0 fully saturated rings. The maximum absolute atomic E-state index is 11.6. The predicted octanol–water partition coefficient (Wildman–Crippen LogP) is 4.44. The van der Waals surface area contributed by atoms with E-state index >= 15 is 0 Å². The Bertz CT molecular complexity index is 793. The van der Waals surface area contributed by atoms with Crippen molar-refractivity contribution < 1.29 is 56.9 Å². The van der Waals surface area contributed by atoms with Crippen LogP contribution in [0.15, 0.2) is 30.3 Å². The monoisotopic (exact) mass is 703 g/mol. The molecule has 0 saturated heterocycles. The van der Waals surface area contributed by atoms with Crippen LogP contribution in [0.25, 0.3) is 0 Å². The van der Waals surface area contributed by atoms with Crippen molar-refractivity contribution in [3.05, 3.63) is 35.9 Å². The highest BCUT2D eigenvalue weighted by Crippen LogP contribution is 2.05. The third-order valence-corrected chi connectivity index (χ3v) is 6.72. The van der Waals surface area contributed by atoms with E-state index in [1.807, 2.05) is 30.3 Å². The molecule has 13 heteroatoms. The van der Waals surface area contributed by atoms with Gasteiger partial charge in [0.2, 0.25) is 0 Å². The van der Waals surface area contributed by atoms with E-state index in [9.17, 15) is 4.79 Å². The molecule has 0 bridgehead atoms. The van der Waals surface area contributed by atoms with Gasteiger partial charge < -0.3 is 57.4 Å². The summed E-state index contributed by atoms with van der Waals surface area (Å²) in [5.41, 5.74) is 0.940. The van der Waals surface area contributed by atoms with Gasteiger partial charge in [0.15, 0.2) is 0 Å². The van der Waals surface area contributed by atoms with Crippen molar-refractivity contribution in [1.82, 2.24) is 5.32 Å². The number of carbonyl (C=O) groups excluding carboxylic acids is 1. The lowest BCUT2D eigenvalue weighted by atomic mass is 10.1. The molecule has 0 atom stereocenters. The van der Waals surface area contributed by atoms with Gasteiger partial charge in [-0.15, -0.1) is 0 Å². The van der Waals surface area contributed by atoms with Crippen molar-refractivity contribution in [3.8, 4) is 0 Å². The molecule has 0 radical (unpaired) electrons. The highest BCUT2D eigenvalue weighted by Gasteiger charge is 2.02. The van der Waals surface area contributed by atoms with Gasteiger partial charge in [-0.3, -0.25) is 0 Å². The molecule has 0 unspecified atom stereocenters. The fraction of sp³-hybridized carbons (Fsp3) is 0.806. The second-order valence-electron chi connectivity index (χ2n) is 10.9. The topological polar surface area (TPSA) is 131 Å². The van der Waals surface area contributed by atoms with E-state index in [-0.39, 0.29) is 6.61 Å². The quantitative estimate of drug-likeness (QED) is 0.0974. The SMILES string of the molecule is CCCCCCCCOCCOCCOCCOCCOCCOCCOCCOCCOCCOCCNC(=O)OCc1ccccc1. The van der Waals surface area contributed by atoms with Crippen molar-refractivity contribution in [2.75, 3.05) is 139 Å². The Morgan fingerprint density at radius 2 is 0.796 bits per heavy atom. The summed E-state index contributed by atoms with van der Waals surface area (Å²) in [5, 5.41) is 2.65. The number of nitrogens with one attached hydrogen (secondary N) is 1. The maximum atomic E-state index is 11.6. The third kappa shape index (κ3) is 35.7. The molecule has 0 aliphatic carbocycles. The fourth-order valence-electron chi connectivity index (χ4n) is 4.07. The van der Waals surface area contributed by atoms with Crippen LogP contribution in [0.3, 0.4) is 0 Å². The zero-order valence-electron chi connectivity index (χ0n) is 30.1. The predicted molar refractivity (Wildman–Crippen MR) is 186 cm³/mol. The number of hydrogen-bond donors (Lipinski definition) is 1. The van der Waals surface area contributed by atoms with E-state index in [1.54, 1.807) is 0 Å². The Balaban J connectivity index is 1.63. The first kappa shape index (κ1) is 45.1. The number of carbonyl (C=O) groups is 1. The van der Waals surface area contributed by atoms with Crippen molar-refractivity contribution in [2.24, 2.45) is 0 Å². The summed E-state index contributed by atoms with van der Waals surface area (Å²) in [5.74, 6) is 0. The smallest absolute Gasteiger partial charge is 0.407 e. The lowest BCUT2D eigenvalue weighted by Gasteiger charge is -2.09. The van der Waals surface area contributed by atoms with E-state index < -0.39 is 6.09 Å². The minimum absolute atomic E-state index is 0.240. The lowest BCUT2D eigenvalue weighted by Crippen LogP contribution is -2.28. The molecule has 13 nitrogen and oxygen atoms in total. The second-order valence-corrected chi connectivity index (χ2v) is 10.9. The molecular weight excluding hydrogens is 638 g/mol. The first-order valence-corrected chi connectivity index (χ1v) is 18.0. The van der Waals surface area contributed by atoms with Crippen LogP contribution in [0.2, 0.25) is 0 Å². The van der Waals surface area contributed by atoms with Gasteiger partial charge in [0.05, 0.1) is 126 Å². The van der Waals surface area contributed by atoms with Gasteiger partial charge in [0, 0.05) is 13.2 Å². The van der Waals surface area contributed by atoms with Crippen LogP contribution in [0.1, 0.15) is 51.0 Å². The maximum Gasteiger partial charge on any atom is 0.407 e. The number of alkyl carbamates (subject to hydrolysis) is 1. The molecule has 0 spiro atoms. The zero-order valence-corrected chi connectivity index (χ0v) is 30.1. The normalized spacial score (nSPS) is 11.3. The number of benzene rings is 1. The van der Waals surface area contributed by atoms with Gasteiger partial charge in [-0.1, -0.05) is 69.4 Å². The minimum atomic E-state index is -0.466. The van der Waals surface area contributed by atoms with Gasteiger partial charge >= 0.3 is 6.09 Å². The van der Waals surface area contributed by atoms with Gasteiger partial charge in [-0.05, 0) is 12.0 Å². The van der Waals surface area contributed by atoms with E-state index in [4.69, 9.17) is 52.1 Å². The van der Waals surface area contributed by atoms with Crippen LogP contribution in [0, 0.1) is 0 Å². The lowest BCUT2D eigenvalue weighted by molar-refractivity contribution is -0.0264. The Hall–Kier alpha value is -1.91. The van der Waals surface area contributed by atoms with Crippen LogP contribution in [0.4, 0.5) is 4.79 Å². The second kappa shape index (κ2) is 38.9. The summed E-state index contributed by atoms with van der Waals surface area (Å²) < 4.78 is 60.0. The van der Waals surface area contributed by atoms with Crippen molar-refractivity contribution >= 4 is 6.09 Å². The highest BCUT2D eigenvalue weighted by atomic mass is 16.6. The first-order chi connectivity index (χ1) is 24.3. The Labute approximate surface area is 294 Å². The molecule has 1 N–H and O–H groups in total. The zero-order chi connectivity index (χ0) is 35.0. The molecule has 1 rings (SSSR count). The standard InChI is InChI=1S/C36H65NO12/c1-2-3-4-5-6-10-14-39-16-18-41-20-22-43-24-26-45-28-30-47-32-33-48-31-29-46-27-25-44-23-21-42-19-17-40-15-13-37-36(38)49-34-35-11-8-7-9-12-35/h7-9,11-12H,2-6,10,13-34H2,1H3,(H,37,38). The summed E-state index contributed by atoms with van der Waals surface area (Å²) in [7, 11) is 0. The summed E-state index contributed by atoms with van der Waals surface area (Å²) in [6.45, 7) is 13.4. The molecule has 49 heavy (non-hydrogen) atoms. The van der Waals surface area contributed by atoms with Crippen LogP contribution in [-0.4, -0.2) is 145 Å². The molecule has 0 aliphatic rings. The van der Waals surface area contributed by atoms with Crippen molar-refractivity contribution in [3.63, 3.8) is 0 Å². The molecule has 0 heterocycles. The van der Waals surface area contributed by atoms with Gasteiger partial charge in [0.1, 0.15) is 6.61 Å². The van der Waals surface area contributed by atoms with Crippen LogP contribution < -0.4 is 5.32 Å². The molecule has 0 aromatic heterocycles. The minimum Gasteiger partial charge on any atom is -0.445 e. The molecule has 1 aromatic carbocycles. The average molecular weight is 704 g/mol. The number of ether oxygens (including phenoxy) is 11. The Morgan fingerprint density at radius 3 is 1.20 bits per heavy atom. The summed E-state index contributed by atoms with van der Waals surface area (Å²) in [4.78, 5) is 11.6. The number of amides is 1. The summed E-state index contributed by atoms with van der Waals surface area (Å²) in [6, 6.07) is 9.52. The van der Waals surface area contributed by atoms with Gasteiger partial charge in [-0.25, -0.2) is 4.79 Å². The molecule has 286 valence electrons. The van der Waals surface area contributed by atoms with Gasteiger partial charge in [0.25, 0.3) is 0 Å². The Kier molecular flexibility index (Phi) is 35.8. The molecule has 0 aliphatic heterocycles. The summed E-state index contributed by atoms with van der Waals surface area (Å²) >= 11 is 0. The molecule has 1 aromatic rings. The summed E-state index contributed by atoms with van der Waals surface area (Å²) in [6.07, 6.45) is 7.20. The number of hydrogen-bond acceptors (Lipinski definition) is 12. The number of rotatable bonds is 39. The van der Waals surface area contributed by atoms with Crippen LogP contribution >= 0.6 is 0 Å². The highest BCUT2D eigenvalue weighted by molar-refractivity contribution is 5.67. The third-order valence-electron chi connectivity index (χ3n) is 6.72. The van der Waals surface area contributed by atoms with E-state index in [0.717, 1.165) is 18.6 Å². The van der Waals surface area contributed by atoms with E-state index in [2.05, 4.69) is 12.2 Å². The van der Waals surface area contributed by atoms with E-state index in [1.165, 1.54) is 32.1 Å². The molecular formula is C36H65NO12. The van der Waals surface area contributed by atoms with Crippen LogP contribution in [0.5, 0.6) is 0 Å². The van der Waals surface area contributed by atoms with Crippen molar-refractivity contribution in [2.45, 2.75) is 52.1 Å². The van der Waals surface area contributed by atoms with Crippen molar-refractivity contribution in [1.29, 1.82) is 0 Å².